The fourth-order valence-electron chi connectivity index (χ4n) is 4.27. The lowest BCUT2D eigenvalue weighted by Gasteiger charge is -2.20. The predicted octanol–water partition coefficient (Wildman–Crippen LogP) is 6.12. The standard InChI is InChI=1S/C32H27ClFN5O3S/c1-38(17-21-3-7-23(8-4-21)24-9-11-26(33)12-10-24)29(40)19-39-18-28(25-15-35-31(42-2)36-16-25)30(41)37-32(39)43-20-22-5-13-27(34)14-6-22/h3-16,18H,17,19-20H2,1-2H3. The van der Waals surface area contributed by atoms with E-state index in [2.05, 4.69) is 15.0 Å². The third-order valence-electron chi connectivity index (χ3n) is 6.64. The highest BCUT2D eigenvalue weighted by Gasteiger charge is 2.17. The van der Waals surface area contributed by atoms with Crippen molar-refractivity contribution in [2.24, 2.45) is 0 Å². The highest BCUT2D eigenvalue weighted by atomic mass is 35.5. The topological polar surface area (TPSA) is 90.2 Å². The van der Waals surface area contributed by atoms with Crippen molar-refractivity contribution in [3.63, 3.8) is 0 Å². The molecule has 0 bridgehead atoms. The number of thioether (sulfide) groups is 1. The predicted molar refractivity (Wildman–Crippen MR) is 165 cm³/mol. The normalized spacial score (nSPS) is 10.9. The molecule has 0 saturated carbocycles. The molecule has 8 nitrogen and oxygen atoms in total. The highest BCUT2D eigenvalue weighted by molar-refractivity contribution is 7.98. The number of rotatable bonds is 10. The third kappa shape index (κ3) is 7.65. The van der Waals surface area contributed by atoms with Crippen LogP contribution in [-0.2, 0) is 23.6 Å². The van der Waals surface area contributed by atoms with E-state index in [1.165, 1.54) is 43.4 Å². The van der Waals surface area contributed by atoms with Crippen LogP contribution in [0.3, 0.4) is 0 Å². The Morgan fingerprint density at radius 1 is 0.930 bits per heavy atom. The van der Waals surface area contributed by atoms with Gasteiger partial charge in [-0.3, -0.25) is 9.59 Å². The molecule has 3 aromatic carbocycles. The Morgan fingerprint density at radius 3 is 2.16 bits per heavy atom. The zero-order valence-electron chi connectivity index (χ0n) is 23.4. The van der Waals surface area contributed by atoms with Crippen molar-refractivity contribution in [2.75, 3.05) is 14.2 Å². The van der Waals surface area contributed by atoms with Gasteiger partial charge in [0.1, 0.15) is 12.4 Å². The molecule has 5 aromatic rings. The van der Waals surface area contributed by atoms with E-state index in [9.17, 15) is 14.0 Å². The second-order valence-electron chi connectivity index (χ2n) is 9.70. The van der Waals surface area contributed by atoms with Crippen LogP contribution in [0.4, 0.5) is 4.39 Å². The molecule has 11 heteroatoms. The number of carbonyl (C=O) groups excluding carboxylic acids is 1. The summed E-state index contributed by atoms with van der Waals surface area (Å²) in [5.41, 5.74) is 4.14. The molecule has 2 heterocycles. The number of likely N-dealkylation sites (N-methyl/N-ethyl adjacent to an activating group) is 1. The van der Waals surface area contributed by atoms with Gasteiger partial charge in [0.2, 0.25) is 5.91 Å². The Morgan fingerprint density at radius 2 is 1.53 bits per heavy atom. The van der Waals surface area contributed by atoms with Gasteiger partial charge in [0, 0.05) is 48.5 Å². The molecule has 0 fully saturated rings. The highest BCUT2D eigenvalue weighted by Crippen LogP contribution is 2.24. The van der Waals surface area contributed by atoms with Crippen molar-refractivity contribution in [2.45, 2.75) is 24.0 Å². The first-order valence-electron chi connectivity index (χ1n) is 13.2. The fourth-order valence-corrected chi connectivity index (χ4v) is 5.31. The average Bonchev–Trinajstić information content (AvgIpc) is 3.02. The van der Waals surface area contributed by atoms with Crippen LogP contribution in [0.25, 0.3) is 22.3 Å². The summed E-state index contributed by atoms with van der Waals surface area (Å²) in [5, 5.41) is 1.04. The molecule has 43 heavy (non-hydrogen) atoms. The number of carbonyl (C=O) groups is 1. The van der Waals surface area contributed by atoms with Gasteiger partial charge in [0.25, 0.3) is 5.56 Å². The van der Waals surface area contributed by atoms with Crippen LogP contribution in [-0.4, -0.2) is 44.5 Å². The summed E-state index contributed by atoms with van der Waals surface area (Å²) in [6, 6.07) is 21.9. The summed E-state index contributed by atoms with van der Waals surface area (Å²) in [4.78, 5) is 40.5. The summed E-state index contributed by atoms with van der Waals surface area (Å²) < 4.78 is 20.0. The van der Waals surface area contributed by atoms with Gasteiger partial charge in [-0.05, 0) is 46.5 Å². The Labute approximate surface area is 257 Å². The minimum atomic E-state index is -0.479. The van der Waals surface area contributed by atoms with Gasteiger partial charge in [-0.2, -0.15) is 4.98 Å². The van der Waals surface area contributed by atoms with Crippen LogP contribution in [0.1, 0.15) is 11.1 Å². The van der Waals surface area contributed by atoms with Gasteiger partial charge < -0.3 is 14.2 Å². The largest absolute Gasteiger partial charge is 0.467 e. The maximum absolute atomic E-state index is 13.4. The Balaban J connectivity index is 1.35. The molecule has 5 rings (SSSR count). The summed E-state index contributed by atoms with van der Waals surface area (Å²) in [5.74, 6) is -0.0716. The molecule has 0 N–H and O–H groups in total. The lowest BCUT2D eigenvalue weighted by Crippen LogP contribution is -2.31. The van der Waals surface area contributed by atoms with Crippen LogP contribution < -0.4 is 10.3 Å². The van der Waals surface area contributed by atoms with E-state index in [1.807, 2.05) is 48.5 Å². The van der Waals surface area contributed by atoms with E-state index in [0.29, 0.717) is 28.0 Å². The van der Waals surface area contributed by atoms with E-state index >= 15 is 0 Å². The molecule has 0 aliphatic heterocycles. The van der Waals surface area contributed by atoms with Gasteiger partial charge in [0.15, 0.2) is 5.16 Å². The Bertz CT molecular complexity index is 1760. The summed E-state index contributed by atoms with van der Waals surface area (Å²) >= 11 is 7.29. The molecule has 0 atom stereocenters. The minimum absolute atomic E-state index is 0.0532. The van der Waals surface area contributed by atoms with Crippen LogP contribution in [0.15, 0.2) is 101 Å². The first-order valence-corrected chi connectivity index (χ1v) is 14.6. The van der Waals surface area contributed by atoms with E-state index in [0.717, 1.165) is 22.3 Å². The van der Waals surface area contributed by atoms with Gasteiger partial charge in [-0.25, -0.2) is 14.4 Å². The molecule has 2 aromatic heterocycles. The number of benzene rings is 3. The second kappa shape index (κ2) is 13.6. The van der Waals surface area contributed by atoms with Gasteiger partial charge in [-0.1, -0.05) is 71.9 Å². The number of nitrogens with zero attached hydrogens (tertiary/aromatic N) is 5. The minimum Gasteiger partial charge on any atom is -0.467 e. The lowest BCUT2D eigenvalue weighted by atomic mass is 10.0. The Hall–Kier alpha value is -4.54. The number of hydrogen-bond donors (Lipinski definition) is 0. The first kappa shape index (κ1) is 29.9. The van der Waals surface area contributed by atoms with Crippen LogP contribution in [0.2, 0.25) is 5.02 Å². The van der Waals surface area contributed by atoms with Crippen LogP contribution in [0.5, 0.6) is 6.01 Å². The number of aromatic nitrogens is 4. The number of halogens is 2. The molecule has 218 valence electrons. The van der Waals surface area contributed by atoms with Crippen LogP contribution in [0, 0.1) is 5.82 Å². The van der Waals surface area contributed by atoms with E-state index in [4.69, 9.17) is 16.3 Å². The fraction of sp³-hybridized carbons (Fsp3) is 0.156. The van der Waals surface area contributed by atoms with E-state index in [1.54, 1.807) is 34.8 Å². The number of hydrogen-bond acceptors (Lipinski definition) is 7. The van der Waals surface area contributed by atoms with E-state index in [-0.39, 0.29) is 29.8 Å². The smallest absolute Gasteiger partial charge is 0.316 e. The van der Waals surface area contributed by atoms with E-state index < -0.39 is 5.56 Å². The Kier molecular flexibility index (Phi) is 9.48. The van der Waals surface area contributed by atoms with Crippen molar-refractivity contribution in [1.82, 2.24) is 24.4 Å². The SMILES string of the molecule is COc1ncc(-c2cn(CC(=O)N(C)Cc3ccc(-c4ccc(Cl)cc4)cc3)c(SCc3ccc(F)cc3)nc2=O)cn1. The van der Waals surface area contributed by atoms with Crippen molar-refractivity contribution >= 4 is 29.3 Å². The third-order valence-corrected chi connectivity index (χ3v) is 7.96. The lowest BCUT2D eigenvalue weighted by molar-refractivity contribution is -0.131. The number of methoxy groups -OCH3 is 1. The maximum Gasteiger partial charge on any atom is 0.316 e. The van der Waals surface area contributed by atoms with Crippen molar-refractivity contribution in [3.05, 3.63) is 124 Å². The number of amides is 1. The van der Waals surface area contributed by atoms with Crippen molar-refractivity contribution < 1.29 is 13.9 Å². The molecule has 0 saturated heterocycles. The quantitative estimate of drug-likeness (QED) is 0.138. The van der Waals surface area contributed by atoms with Crippen molar-refractivity contribution in [3.8, 4) is 28.3 Å². The molecular weight excluding hydrogens is 589 g/mol. The molecule has 0 aliphatic rings. The molecule has 0 spiro atoms. The van der Waals surface area contributed by atoms with Gasteiger partial charge in [0.05, 0.1) is 12.7 Å². The molecule has 0 radical (unpaired) electrons. The zero-order valence-corrected chi connectivity index (χ0v) is 25.0. The first-order chi connectivity index (χ1) is 20.8. The average molecular weight is 616 g/mol. The van der Waals surface area contributed by atoms with Crippen molar-refractivity contribution in [1.29, 1.82) is 0 Å². The summed E-state index contributed by atoms with van der Waals surface area (Å²) in [6.07, 6.45) is 4.54. The molecule has 0 aliphatic carbocycles. The molecule has 0 unspecified atom stereocenters. The van der Waals surface area contributed by atoms with Crippen LogP contribution >= 0.6 is 23.4 Å². The monoisotopic (exact) mass is 615 g/mol. The van der Waals surface area contributed by atoms with Gasteiger partial charge in [-0.15, -0.1) is 0 Å². The molecule has 1 amide bonds. The summed E-state index contributed by atoms with van der Waals surface area (Å²) in [7, 11) is 3.18. The number of ether oxygens (including phenoxy) is 1. The zero-order chi connectivity index (χ0) is 30.3. The molecular formula is C32H27ClFN5O3S. The second-order valence-corrected chi connectivity index (χ2v) is 11.1. The summed E-state index contributed by atoms with van der Waals surface area (Å²) in [6.45, 7) is 0.340. The maximum atomic E-state index is 13.4. The van der Waals surface area contributed by atoms with Gasteiger partial charge >= 0.3 is 6.01 Å².